The van der Waals surface area contributed by atoms with Crippen molar-refractivity contribution in [2.75, 3.05) is 13.1 Å². The summed E-state index contributed by atoms with van der Waals surface area (Å²) in [6.07, 6.45) is 2.89. The van der Waals surface area contributed by atoms with E-state index in [9.17, 15) is 21.2 Å². The second-order valence-electron chi connectivity index (χ2n) is 5.65. The topological polar surface area (TPSA) is 89.3 Å². The lowest BCUT2D eigenvalue weighted by Crippen LogP contribution is -2.57. The third-order valence-corrected chi connectivity index (χ3v) is 7.81. The third-order valence-electron chi connectivity index (χ3n) is 3.97. The summed E-state index contributed by atoms with van der Waals surface area (Å²) in [5, 5.41) is -0.923. The highest BCUT2D eigenvalue weighted by Gasteiger charge is 2.45. The Morgan fingerprint density at radius 3 is 2.46 bits per heavy atom. The number of imidazole rings is 1. The van der Waals surface area contributed by atoms with Crippen molar-refractivity contribution in [3.63, 3.8) is 0 Å². The van der Waals surface area contributed by atoms with Crippen molar-refractivity contribution < 1.29 is 21.2 Å². The maximum atomic E-state index is 13.6. The summed E-state index contributed by atoms with van der Waals surface area (Å²) in [5.41, 5.74) is 0.0629. The summed E-state index contributed by atoms with van der Waals surface area (Å²) < 4.78 is 65.5. The molecule has 1 aromatic heterocycles. The third kappa shape index (κ3) is 2.96. The summed E-state index contributed by atoms with van der Waals surface area (Å²) in [4.78, 5) is 3.81. The molecular formula is C14H16FN3O4S2. The molecule has 0 spiro atoms. The molecule has 24 heavy (non-hydrogen) atoms. The van der Waals surface area contributed by atoms with E-state index in [1.54, 1.807) is 13.1 Å². The molecule has 0 atom stereocenters. The summed E-state index contributed by atoms with van der Waals surface area (Å²) in [6.45, 7) is -0.294. The van der Waals surface area contributed by atoms with Gasteiger partial charge in [0.1, 0.15) is 5.82 Å². The lowest BCUT2D eigenvalue weighted by atomic mass is 10.2. The number of hydrogen-bond acceptors (Lipinski definition) is 5. The molecule has 7 nitrogen and oxygen atoms in total. The van der Waals surface area contributed by atoms with E-state index in [0.29, 0.717) is 0 Å². The summed E-state index contributed by atoms with van der Waals surface area (Å²) >= 11 is 0. The monoisotopic (exact) mass is 373 g/mol. The zero-order chi connectivity index (χ0) is 17.5. The Morgan fingerprint density at radius 1 is 1.21 bits per heavy atom. The average Bonchev–Trinajstić information content (AvgIpc) is 2.85. The van der Waals surface area contributed by atoms with Crippen molar-refractivity contribution in [1.29, 1.82) is 0 Å². The maximum Gasteiger partial charge on any atom is 0.227 e. The highest BCUT2D eigenvalue weighted by molar-refractivity contribution is 7.92. The van der Waals surface area contributed by atoms with Gasteiger partial charge in [-0.2, -0.15) is 4.31 Å². The number of halogens is 1. The van der Waals surface area contributed by atoms with Gasteiger partial charge in [-0.1, -0.05) is 18.2 Å². The fraction of sp³-hybridized carbons (Fsp3) is 0.357. The second-order valence-corrected chi connectivity index (χ2v) is 9.74. The predicted octanol–water partition coefficient (Wildman–Crippen LogP) is 0.547. The second kappa shape index (κ2) is 5.94. The first-order chi connectivity index (χ1) is 11.2. The molecule has 0 N–H and O–H groups in total. The maximum absolute atomic E-state index is 13.6. The number of aromatic nitrogens is 2. The van der Waals surface area contributed by atoms with Crippen LogP contribution in [0.15, 0.2) is 41.8 Å². The molecule has 0 bridgehead atoms. The first-order valence-electron chi connectivity index (χ1n) is 7.14. The minimum Gasteiger partial charge on any atom is -0.325 e. The molecule has 2 heterocycles. The Kier molecular flexibility index (Phi) is 4.22. The number of aryl methyl sites for hydroxylation is 1. The van der Waals surface area contributed by atoms with Crippen molar-refractivity contribution in [3.8, 4) is 0 Å². The average molecular weight is 373 g/mol. The van der Waals surface area contributed by atoms with E-state index < -0.39 is 36.7 Å². The SMILES string of the molecule is Cn1ccnc1S(=O)(=O)C1CN(S(=O)(=O)Cc2ccccc2F)C1. The van der Waals surface area contributed by atoms with Gasteiger partial charge in [0.25, 0.3) is 0 Å². The molecule has 1 aromatic carbocycles. The molecule has 130 valence electrons. The van der Waals surface area contributed by atoms with Gasteiger partial charge in [0.05, 0.1) is 11.0 Å². The highest BCUT2D eigenvalue weighted by Crippen LogP contribution is 2.26. The highest BCUT2D eigenvalue weighted by atomic mass is 32.2. The van der Waals surface area contributed by atoms with Crippen LogP contribution >= 0.6 is 0 Å². The summed E-state index contributed by atoms with van der Waals surface area (Å²) in [6, 6.07) is 5.62. The van der Waals surface area contributed by atoms with Crippen LogP contribution in [0, 0.1) is 5.82 Å². The molecular weight excluding hydrogens is 357 g/mol. The van der Waals surface area contributed by atoms with Crippen molar-refractivity contribution in [1.82, 2.24) is 13.9 Å². The van der Waals surface area contributed by atoms with Crippen LogP contribution < -0.4 is 0 Å². The van der Waals surface area contributed by atoms with Gasteiger partial charge in [-0.25, -0.2) is 26.2 Å². The molecule has 0 radical (unpaired) electrons. The van der Waals surface area contributed by atoms with Gasteiger partial charge in [0, 0.05) is 38.1 Å². The van der Waals surface area contributed by atoms with Gasteiger partial charge in [0.15, 0.2) is 0 Å². The van der Waals surface area contributed by atoms with Gasteiger partial charge < -0.3 is 4.57 Å². The number of hydrogen-bond donors (Lipinski definition) is 0. The Hall–Kier alpha value is -1.78. The molecule has 1 aliphatic heterocycles. The number of rotatable bonds is 5. The van der Waals surface area contributed by atoms with Crippen LogP contribution in [0.4, 0.5) is 4.39 Å². The van der Waals surface area contributed by atoms with Crippen LogP contribution in [0.1, 0.15) is 5.56 Å². The lowest BCUT2D eigenvalue weighted by Gasteiger charge is -2.37. The zero-order valence-electron chi connectivity index (χ0n) is 12.8. The van der Waals surface area contributed by atoms with Crippen molar-refractivity contribution >= 4 is 19.9 Å². The molecule has 10 heteroatoms. The van der Waals surface area contributed by atoms with E-state index in [0.717, 1.165) is 4.31 Å². The Bertz CT molecular complexity index is 963. The van der Waals surface area contributed by atoms with Gasteiger partial charge in [-0.05, 0) is 6.07 Å². The molecule has 0 saturated carbocycles. The van der Waals surface area contributed by atoms with E-state index in [1.165, 1.54) is 35.2 Å². The minimum atomic E-state index is -3.77. The largest absolute Gasteiger partial charge is 0.325 e. The molecule has 1 aliphatic rings. The Morgan fingerprint density at radius 2 is 1.88 bits per heavy atom. The van der Waals surface area contributed by atoms with Crippen LogP contribution in [-0.4, -0.2) is 49.0 Å². The molecule has 1 fully saturated rings. The van der Waals surface area contributed by atoms with Gasteiger partial charge >= 0.3 is 0 Å². The van der Waals surface area contributed by atoms with Gasteiger partial charge in [0.2, 0.25) is 25.0 Å². The molecule has 3 rings (SSSR count). The quantitative estimate of drug-likeness (QED) is 0.763. The molecule has 0 aliphatic carbocycles. The van der Waals surface area contributed by atoms with E-state index >= 15 is 0 Å². The molecule has 2 aromatic rings. The number of sulfonamides is 1. The first-order valence-corrected chi connectivity index (χ1v) is 10.3. The number of benzene rings is 1. The smallest absolute Gasteiger partial charge is 0.227 e. The number of nitrogens with zero attached hydrogens (tertiary/aromatic N) is 3. The number of sulfone groups is 1. The van der Waals surface area contributed by atoms with E-state index in [4.69, 9.17) is 0 Å². The van der Waals surface area contributed by atoms with Crippen molar-refractivity contribution in [2.24, 2.45) is 7.05 Å². The fourth-order valence-electron chi connectivity index (χ4n) is 2.50. The van der Waals surface area contributed by atoms with Crippen LogP contribution in [0.25, 0.3) is 0 Å². The summed E-state index contributed by atoms with van der Waals surface area (Å²) in [5.74, 6) is -1.09. The van der Waals surface area contributed by atoms with E-state index in [-0.39, 0.29) is 23.8 Å². The van der Waals surface area contributed by atoms with Crippen LogP contribution in [0.5, 0.6) is 0 Å². The van der Waals surface area contributed by atoms with Crippen LogP contribution in [-0.2, 0) is 32.7 Å². The molecule has 1 saturated heterocycles. The van der Waals surface area contributed by atoms with Gasteiger partial charge in [-0.3, -0.25) is 0 Å². The fourth-order valence-corrected chi connectivity index (χ4v) is 6.04. The van der Waals surface area contributed by atoms with Crippen molar-refractivity contribution in [3.05, 3.63) is 48.0 Å². The lowest BCUT2D eigenvalue weighted by molar-refractivity contribution is 0.308. The van der Waals surface area contributed by atoms with Crippen LogP contribution in [0.2, 0.25) is 0 Å². The Balaban J connectivity index is 1.72. The first kappa shape index (κ1) is 17.1. The standard InChI is InChI=1S/C14H16FN3O4S2/c1-17-7-6-16-14(17)24(21,22)12-8-18(9-12)23(19,20)10-11-4-2-3-5-13(11)15/h2-7,12H,8-10H2,1H3. The van der Waals surface area contributed by atoms with Crippen LogP contribution in [0.3, 0.4) is 0 Å². The van der Waals surface area contributed by atoms with E-state index in [2.05, 4.69) is 4.98 Å². The Labute approximate surface area is 139 Å². The normalized spacial score (nSPS) is 16.9. The minimum absolute atomic E-state index is 0.0629. The molecule has 0 amide bonds. The predicted molar refractivity (Wildman–Crippen MR) is 84.8 cm³/mol. The van der Waals surface area contributed by atoms with Crippen molar-refractivity contribution in [2.45, 2.75) is 16.2 Å². The molecule has 0 unspecified atom stereocenters. The van der Waals surface area contributed by atoms with E-state index in [1.807, 2.05) is 0 Å². The zero-order valence-corrected chi connectivity index (χ0v) is 14.5. The summed E-state index contributed by atoms with van der Waals surface area (Å²) in [7, 11) is -5.90. The van der Waals surface area contributed by atoms with Gasteiger partial charge in [-0.15, -0.1) is 0 Å².